The Morgan fingerprint density at radius 1 is 0.593 bits per heavy atom. The average molecular weight is 694 g/mol. The number of nitrogens with zero attached hydrogens (tertiary/aromatic N) is 1. The lowest BCUT2D eigenvalue weighted by Crippen LogP contribution is -2.29. The third-order valence-electron chi connectivity index (χ3n) is 13.1. The zero-order valence-corrected chi connectivity index (χ0v) is 31.2. The molecule has 0 aliphatic heterocycles. The van der Waals surface area contributed by atoms with Crippen molar-refractivity contribution in [3.8, 4) is 11.1 Å². The lowest BCUT2D eigenvalue weighted by atomic mass is 9.65. The maximum atomic E-state index is 2.52. The fourth-order valence-corrected chi connectivity index (χ4v) is 10.6. The second-order valence-electron chi connectivity index (χ2n) is 16.3. The van der Waals surface area contributed by atoms with Gasteiger partial charge < -0.3 is 4.90 Å². The molecule has 260 valence electrons. The minimum atomic E-state index is -0.0944. The minimum absolute atomic E-state index is 0.0944. The van der Waals surface area contributed by atoms with Crippen molar-refractivity contribution in [2.24, 2.45) is 0 Å². The van der Waals surface area contributed by atoms with Crippen LogP contribution in [0.1, 0.15) is 96.4 Å². The summed E-state index contributed by atoms with van der Waals surface area (Å²) in [5.41, 5.74) is 24.8. The highest BCUT2D eigenvalue weighted by Crippen LogP contribution is 2.58. The van der Waals surface area contributed by atoms with E-state index in [9.17, 15) is 0 Å². The van der Waals surface area contributed by atoms with E-state index in [1.165, 1.54) is 89.2 Å². The first-order valence-electron chi connectivity index (χ1n) is 19.8. The Balaban J connectivity index is 1.01. The number of hydrogen-bond acceptors (Lipinski definition) is 1. The molecule has 1 heteroatoms. The van der Waals surface area contributed by atoms with Gasteiger partial charge in [-0.25, -0.2) is 0 Å². The number of fused-ring (bicyclic) bond motifs is 6. The molecule has 11 rings (SSSR count). The molecule has 0 radical (unpaired) electrons. The highest BCUT2D eigenvalue weighted by molar-refractivity contribution is 6.11. The molecule has 2 atom stereocenters. The largest absolute Gasteiger partial charge is 0.310 e. The second-order valence-corrected chi connectivity index (χ2v) is 16.3. The summed E-state index contributed by atoms with van der Waals surface area (Å²) in [6.07, 6.45) is 10.6. The van der Waals surface area contributed by atoms with Gasteiger partial charge in [-0.3, -0.25) is 0 Å². The number of rotatable bonds is 4. The average Bonchev–Trinajstić information content (AvgIpc) is 3.33. The molecule has 5 aliphatic rings. The molecule has 6 aromatic carbocycles. The summed E-state index contributed by atoms with van der Waals surface area (Å²) in [5.74, 6) is 0.730. The quantitative estimate of drug-likeness (QED) is 0.178. The van der Waals surface area contributed by atoms with Gasteiger partial charge in [0.15, 0.2) is 0 Å². The van der Waals surface area contributed by atoms with Crippen molar-refractivity contribution in [2.45, 2.75) is 57.3 Å². The fraction of sp³-hybridized carbons (Fsp3) is 0.170. The van der Waals surface area contributed by atoms with E-state index in [1.54, 1.807) is 0 Å². The molecule has 0 aromatic heterocycles. The van der Waals surface area contributed by atoms with Gasteiger partial charge in [-0.05, 0) is 145 Å². The van der Waals surface area contributed by atoms with Gasteiger partial charge in [0.2, 0.25) is 0 Å². The van der Waals surface area contributed by atoms with Gasteiger partial charge in [-0.2, -0.15) is 0 Å². The maximum Gasteiger partial charge on any atom is 0.0464 e. The molecule has 0 saturated carbocycles. The van der Waals surface area contributed by atoms with Crippen LogP contribution in [-0.4, -0.2) is 0 Å². The molecule has 0 saturated heterocycles. The van der Waals surface area contributed by atoms with E-state index >= 15 is 0 Å². The van der Waals surface area contributed by atoms with E-state index in [2.05, 4.69) is 183 Å². The topological polar surface area (TPSA) is 3.24 Å². The van der Waals surface area contributed by atoms with Crippen LogP contribution >= 0.6 is 0 Å². The molecule has 0 N–H and O–H groups in total. The predicted octanol–water partition coefficient (Wildman–Crippen LogP) is 14.1. The highest BCUT2D eigenvalue weighted by atomic mass is 15.1. The summed E-state index contributed by atoms with van der Waals surface area (Å²) in [7, 11) is 0. The van der Waals surface area contributed by atoms with Crippen LogP contribution in [0.15, 0.2) is 169 Å². The van der Waals surface area contributed by atoms with E-state index in [4.69, 9.17) is 0 Å². The van der Waals surface area contributed by atoms with Crippen molar-refractivity contribution in [3.05, 3.63) is 213 Å². The Bertz CT molecular complexity index is 2660. The van der Waals surface area contributed by atoms with Gasteiger partial charge in [-0.1, -0.05) is 136 Å². The summed E-state index contributed by atoms with van der Waals surface area (Å²) in [5, 5.41) is 0. The number of anilines is 3. The highest BCUT2D eigenvalue weighted by Gasteiger charge is 2.39. The van der Waals surface area contributed by atoms with Crippen LogP contribution in [0.5, 0.6) is 0 Å². The SMILES string of the molecule is C[C@H]1c2ccccc2C(C)(C)c2cc(N(c3ccccc3)c3ccc(-c4ccc5c(c4)C4=C6CCC=C4C4=C(c7ccccc76)C5CC=C4)cc3)ccc21. The van der Waals surface area contributed by atoms with Gasteiger partial charge >= 0.3 is 0 Å². The molecule has 1 nitrogen and oxygen atoms in total. The first-order chi connectivity index (χ1) is 26.5. The van der Waals surface area contributed by atoms with Crippen molar-refractivity contribution < 1.29 is 0 Å². The molecular formula is C53H43N. The number of allylic oxidation sites excluding steroid dienone is 8. The van der Waals surface area contributed by atoms with Crippen LogP contribution in [0.25, 0.3) is 27.8 Å². The lowest BCUT2D eigenvalue weighted by molar-refractivity contribution is 0.591. The second kappa shape index (κ2) is 11.8. The van der Waals surface area contributed by atoms with Crippen molar-refractivity contribution in [1.29, 1.82) is 0 Å². The molecule has 5 aliphatic carbocycles. The van der Waals surface area contributed by atoms with E-state index in [1.807, 2.05) is 0 Å². The van der Waals surface area contributed by atoms with E-state index in [-0.39, 0.29) is 5.41 Å². The molecule has 1 unspecified atom stereocenters. The normalized spacial score (nSPS) is 19.6. The molecule has 54 heavy (non-hydrogen) atoms. The van der Waals surface area contributed by atoms with Crippen LogP contribution in [0.3, 0.4) is 0 Å². The summed E-state index contributed by atoms with van der Waals surface area (Å²) in [4.78, 5) is 2.42. The Hall–Kier alpha value is -5.92. The van der Waals surface area contributed by atoms with Crippen molar-refractivity contribution in [1.82, 2.24) is 0 Å². The predicted molar refractivity (Wildman–Crippen MR) is 227 cm³/mol. The Morgan fingerprint density at radius 2 is 1.28 bits per heavy atom. The Morgan fingerprint density at radius 3 is 2.13 bits per heavy atom. The standard InChI is InChI=1S/C53H43N/c1-33-39-15-9-10-22-49(39)53(2,3)50-32-38(28-30-40(33)50)54(36-13-5-4-6-14-36)37-26-23-34(24-27-37)35-25-29-42-45-19-12-20-46-47-21-11-18-44(52(47)48(42)31-35)41-16-7-8-17-43(41)51(45)46/h4-10,12-17,20-33,45H,11,18-19H2,1-3H3/t33-,45?/m0/s1. The van der Waals surface area contributed by atoms with Crippen LogP contribution in [-0.2, 0) is 5.41 Å². The van der Waals surface area contributed by atoms with Crippen LogP contribution in [0.2, 0.25) is 0 Å². The van der Waals surface area contributed by atoms with Gasteiger partial charge in [0.1, 0.15) is 0 Å². The third-order valence-corrected chi connectivity index (χ3v) is 13.1. The third kappa shape index (κ3) is 4.51. The summed E-state index contributed by atoms with van der Waals surface area (Å²) in [6, 6.07) is 52.8. The molecule has 0 heterocycles. The van der Waals surface area contributed by atoms with E-state index in [0.29, 0.717) is 11.8 Å². The Kier molecular flexibility index (Phi) is 6.90. The smallest absolute Gasteiger partial charge is 0.0464 e. The number of para-hydroxylation sites is 1. The van der Waals surface area contributed by atoms with Crippen LogP contribution < -0.4 is 4.90 Å². The Labute approximate surface area is 319 Å². The zero-order chi connectivity index (χ0) is 36.1. The molecule has 0 fully saturated rings. The van der Waals surface area contributed by atoms with Gasteiger partial charge in [0.25, 0.3) is 0 Å². The first kappa shape index (κ1) is 31.6. The molecule has 6 aromatic rings. The van der Waals surface area contributed by atoms with Crippen molar-refractivity contribution in [2.75, 3.05) is 4.90 Å². The van der Waals surface area contributed by atoms with Gasteiger partial charge in [-0.15, -0.1) is 0 Å². The van der Waals surface area contributed by atoms with Gasteiger partial charge in [0, 0.05) is 34.3 Å². The van der Waals surface area contributed by atoms with Crippen molar-refractivity contribution >= 4 is 33.8 Å². The van der Waals surface area contributed by atoms with Gasteiger partial charge in [0.05, 0.1) is 0 Å². The minimum Gasteiger partial charge on any atom is -0.310 e. The summed E-state index contributed by atoms with van der Waals surface area (Å²) in [6.45, 7) is 7.13. The molecular weight excluding hydrogens is 651 g/mol. The van der Waals surface area contributed by atoms with E-state index < -0.39 is 0 Å². The van der Waals surface area contributed by atoms with Crippen LogP contribution in [0, 0.1) is 0 Å². The zero-order valence-electron chi connectivity index (χ0n) is 31.2. The first-order valence-corrected chi connectivity index (χ1v) is 19.8. The fourth-order valence-electron chi connectivity index (χ4n) is 10.6. The molecule has 0 spiro atoms. The monoisotopic (exact) mass is 693 g/mol. The lowest BCUT2D eigenvalue weighted by Gasteiger charge is -2.39. The number of benzene rings is 6. The van der Waals surface area contributed by atoms with Crippen LogP contribution in [0.4, 0.5) is 17.1 Å². The van der Waals surface area contributed by atoms with Crippen molar-refractivity contribution in [3.63, 3.8) is 0 Å². The molecule has 6 bridgehead atoms. The summed E-state index contributed by atoms with van der Waals surface area (Å²) >= 11 is 0. The van der Waals surface area contributed by atoms with E-state index in [0.717, 1.165) is 30.6 Å². The number of hydrogen-bond donors (Lipinski definition) is 0. The maximum absolute atomic E-state index is 2.52. The summed E-state index contributed by atoms with van der Waals surface area (Å²) < 4.78 is 0. The molecule has 0 amide bonds.